The largest absolute Gasteiger partial charge is 0.450 e. The molecule has 2 amide bonds. The summed E-state index contributed by atoms with van der Waals surface area (Å²) in [4.78, 5) is 27.0. The monoisotopic (exact) mass is 418 g/mol. The van der Waals surface area contributed by atoms with E-state index in [1.54, 1.807) is 11.8 Å². The Bertz CT molecular complexity index is 1090. The van der Waals surface area contributed by atoms with Crippen molar-refractivity contribution in [1.82, 2.24) is 20.4 Å². The van der Waals surface area contributed by atoms with E-state index in [-0.39, 0.29) is 18.0 Å². The molecule has 0 saturated carbocycles. The number of amides is 2. The van der Waals surface area contributed by atoms with Crippen molar-refractivity contribution in [2.24, 2.45) is 0 Å². The van der Waals surface area contributed by atoms with E-state index in [9.17, 15) is 9.59 Å². The molecule has 0 atom stereocenters. The van der Waals surface area contributed by atoms with Gasteiger partial charge in [-0.3, -0.25) is 4.79 Å². The molecule has 1 fully saturated rings. The van der Waals surface area contributed by atoms with Crippen LogP contribution in [-0.4, -0.2) is 52.8 Å². The predicted octanol–water partition coefficient (Wildman–Crippen LogP) is 3.96. The van der Waals surface area contributed by atoms with Gasteiger partial charge in [0.05, 0.1) is 17.7 Å². The number of piperidine rings is 1. The molecule has 2 heterocycles. The lowest BCUT2D eigenvalue weighted by atomic mass is 9.99. The van der Waals surface area contributed by atoms with Crippen LogP contribution in [-0.2, 0) is 4.74 Å². The summed E-state index contributed by atoms with van der Waals surface area (Å²) in [6.07, 6.45) is 1.07. The summed E-state index contributed by atoms with van der Waals surface area (Å²) in [5, 5.41) is 12.7. The van der Waals surface area contributed by atoms with Crippen LogP contribution in [0.1, 0.15) is 35.7 Å². The predicted molar refractivity (Wildman–Crippen MR) is 119 cm³/mol. The number of carbonyl (C=O) groups excluding carboxylic acids is 2. The van der Waals surface area contributed by atoms with Gasteiger partial charge in [-0.15, -0.1) is 10.2 Å². The van der Waals surface area contributed by atoms with E-state index in [1.165, 1.54) is 0 Å². The summed E-state index contributed by atoms with van der Waals surface area (Å²) in [5.74, 6) is -0.170. The minimum absolute atomic E-state index is 0.0176. The highest BCUT2D eigenvalue weighted by molar-refractivity contribution is 6.10. The first-order valence-electron chi connectivity index (χ1n) is 10.6. The number of aromatic nitrogens is 2. The van der Waals surface area contributed by atoms with E-state index in [0.29, 0.717) is 49.3 Å². The van der Waals surface area contributed by atoms with Crippen molar-refractivity contribution in [3.63, 3.8) is 0 Å². The number of fused-ring (bicyclic) bond motifs is 1. The molecule has 31 heavy (non-hydrogen) atoms. The maximum absolute atomic E-state index is 13.4. The fraction of sp³-hybridized carbons (Fsp3) is 0.333. The van der Waals surface area contributed by atoms with Gasteiger partial charge in [-0.1, -0.05) is 48.0 Å². The third-order valence-electron chi connectivity index (χ3n) is 5.58. The number of rotatable bonds is 4. The number of hydrogen-bond donors (Lipinski definition) is 1. The molecule has 0 unspecified atom stereocenters. The fourth-order valence-corrected chi connectivity index (χ4v) is 3.88. The Kier molecular flexibility index (Phi) is 6.11. The maximum atomic E-state index is 13.4. The van der Waals surface area contributed by atoms with Crippen LogP contribution in [0, 0.1) is 6.92 Å². The molecule has 1 aliphatic rings. The number of carbonyl (C=O) groups is 2. The van der Waals surface area contributed by atoms with Gasteiger partial charge in [-0.05, 0) is 32.8 Å². The van der Waals surface area contributed by atoms with Crippen molar-refractivity contribution in [2.75, 3.05) is 19.7 Å². The number of hydrogen-bond acceptors (Lipinski definition) is 5. The number of benzene rings is 2. The van der Waals surface area contributed by atoms with E-state index in [4.69, 9.17) is 4.74 Å². The zero-order valence-electron chi connectivity index (χ0n) is 17.8. The zero-order valence-corrected chi connectivity index (χ0v) is 17.8. The first-order valence-corrected chi connectivity index (χ1v) is 10.6. The summed E-state index contributed by atoms with van der Waals surface area (Å²) in [6.45, 7) is 5.29. The van der Waals surface area contributed by atoms with Gasteiger partial charge in [-0.25, -0.2) is 4.79 Å². The second kappa shape index (κ2) is 9.12. The smallest absolute Gasteiger partial charge is 0.409 e. The van der Waals surface area contributed by atoms with Crippen LogP contribution in [0.15, 0.2) is 48.5 Å². The second-order valence-corrected chi connectivity index (χ2v) is 7.74. The molecular weight excluding hydrogens is 392 g/mol. The van der Waals surface area contributed by atoms with Gasteiger partial charge in [0.15, 0.2) is 0 Å². The van der Waals surface area contributed by atoms with Crippen molar-refractivity contribution in [3.05, 3.63) is 59.7 Å². The highest BCUT2D eigenvalue weighted by Crippen LogP contribution is 2.27. The van der Waals surface area contributed by atoms with E-state index in [0.717, 1.165) is 16.5 Å². The summed E-state index contributed by atoms with van der Waals surface area (Å²) < 4.78 is 5.07. The summed E-state index contributed by atoms with van der Waals surface area (Å²) in [5.41, 5.74) is 3.77. The molecule has 1 aromatic heterocycles. The lowest BCUT2D eigenvalue weighted by Gasteiger charge is -2.31. The second-order valence-electron chi connectivity index (χ2n) is 7.74. The van der Waals surface area contributed by atoms with Crippen molar-refractivity contribution in [3.8, 4) is 11.3 Å². The van der Waals surface area contributed by atoms with Crippen LogP contribution >= 0.6 is 0 Å². The van der Waals surface area contributed by atoms with Crippen LogP contribution in [0.4, 0.5) is 4.79 Å². The van der Waals surface area contributed by atoms with Crippen LogP contribution in [0.5, 0.6) is 0 Å². The van der Waals surface area contributed by atoms with Crippen LogP contribution in [0.25, 0.3) is 22.2 Å². The number of aryl methyl sites for hydroxylation is 1. The third-order valence-corrected chi connectivity index (χ3v) is 5.58. The average Bonchev–Trinajstić information content (AvgIpc) is 2.79. The highest BCUT2D eigenvalue weighted by atomic mass is 16.6. The minimum atomic E-state index is -0.293. The topological polar surface area (TPSA) is 84.4 Å². The Balaban J connectivity index is 1.59. The Morgan fingerprint density at radius 3 is 2.48 bits per heavy atom. The molecule has 1 aliphatic heterocycles. The Hall–Kier alpha value is -3.48. The molecule has 0 aliphatic carbocycles. The molecule has 0 spiro atoms. The quantitative estimate of drug-likeness (QED) is 0.693. The molecule has 1 N–H and O–H groups in total. The Morgan fingerprint density at radius 2 is 1.77 bits per heavy atom. The van der Waals surface area contributed by atoms with Crippen LogP contribution in [0.2, 0.25) is 0 Å². The summed E-state index contributed by atoms with van der Waals surface area (Å²) in [7, 11) is 0. The SMILES string of the molecule is CCOC(=O)N1CCC(NC(=O)c2c(-c3ccc(C)cc3)nnc3ccccc23)CC1. The lowest BCUT2D eigenvalue weighted by molar-refractivity contribution is 0.0861. The fourth-order valence-electron chi connectivity index (χ4n) is 3.88. The van der Waals surface area contributed by atoms with Gasteiger partial charge >= 0.3 is 6.09 Å². The number of likely N-dealkylation sites (tertiary alicyclic amines) is 1. The molecule has 0 radical (unpaired) electrons. The van der Waals surface area contributed by atoms with Crippen LogP contribution < -0.4 is 5.32 Å². The molecule has 1 saturated heterocycles. The highest BCUT2D eigenvalue weighted by Gasteiger charge is 2.27. The first kappa shape index (κ1) is 20.8. The summed E-state index contributed by atoms with van der Waals surface area (Å²) in [6, 6.07) is 15.4. The van der Waals surface area contributed by atoms with Gasteiger partial charge in [0.25, 0.3) is 5.91 Å². The van der Waals surface area contributed by atoms with E-state index < -0.39 is 0 Å². The standard InChI is InChI=1S/C24H26N4O3/c1-3-31-24(30)28-14-12-18(13-15-28)25-23(29)21-19-6-4-5-7-20(19)26-27-22(21)17-10-8-16(2)9-11-17/h4-11,18H,3,12-15H2,1-2H3,(H,25,29). The molecule has 3 aromatic rings. The van der Waals surface area contributed by atoms with Crippen molar-refractivity contribution in [1.29, 1.82) is 0 Å². The first-order chi connectivity index (χ1) is 15.1. The molecule has 7 heteroatoms. The molecule has 7 nitrogen and oxygen atoms in total. The van der Waals surface area contributed by atoms with E-state index in [2.05, 4.69) is 15.5 Å². The van der Waals surface area contributed by atoms with Crippen LogP contribution in [0.3, 0.4) is 0 Å². The molecule has 160 valence electrons. The van der Waals surface area contributed by atoms with Gasteiger partial charge < -0.3 is 15.0 Å². The number of ether oxygens (including phenoxy) is 1. The van der Waals surface area contributed by atoms with E-state index in [1.807, 2.05) is 55.5 Å². The molecule has 4 rings (SSSR count). The third kappa shape index (κ3) is 4.50. The normalized spacial score (nSPS) is 14.5. The molecular formula is C24H26N4O3. The zero-order chi connectivity index (χ0) is 21.8. The van der Waals surface area contributed by atoms with Gasteiger partial charge in [0.2, 0.25) is 0 Å². The van der Waals surface area contributed by atoms with Gasteiger partial charge in [0, 0.05) is 30.1 Å². The van der Waals surface area contributed by atoms with Crippen molar-refractivity contribution < 1.29 is 14.3 Å². The van der Waals surface area contributed by atoms with Gasteiger partial charge in [0.1, 0.15) is 5.69 Å². The number of nitrogens with zero attached hydrogens (tertiary/aromatic N) is 3. The van der Waals surface area contributed by atoms with Gasteiger partial charge in [-0.2, -0.15) is 0 Å². The van der Waals surface area contributed by atoms with E-state index >= 15 is 0 Å². The maximum Gasteiger partial charge on any atom is 0.409 e. The van der Waals surface area contributed by atoms with Crippen molar-refractivity contribution in [2.45, 2.75) is 32.7 Å². The lowest BCUT2D eigenvalue weighted by Crippen LogP contribution is -2.46. The summed E-state index contributed by atoms with van der Waals surface area (Å²) >= 11 is 0. The number of nitrogens with one attached hydrogen (secondary N) is 1. The van der Waals surface area contributed by atoms with Crippen molar-refractivity contribution >= 4 is 22.9 Å². The molecule has 0 bridgehead atoms. The Morgan fingerprint density at radius 1 is 1.06 bits per heavy atom. The minimum Gasteiger partial charge on any atom is -0.450 e. The average molecular weight is 418 g/mol. The Labute approximate surface area is 181 Å². The molecule has 2 aromatic carbocycles.